The summed E-state index contributed by atoms with van der Waals surface area (Å²) in [6.07, 6.45) is 2.68. The van der Waals surface area contributed by atoms with Gasteiger partial charge in [-0.05, 0) is 93.1 Å². The number of amides is 2. The fraction of sp³-hybridized carbons (Fsp3) is 0.733. The van der Waals surface area contributed by atoms with Crippen molar-refractivity contribution in [3.63, 3.8) is 0 Å². The fourth-order valence-electron chi connectivity index (χ4n) is 10.8. The second-order valence-corrected chi connectivity index (χ2v) is 21.5. The number of halogens is 2. The van der Waals surface area contributed by atoms with Crippen molar-refractivity contribution in [2.75, 3.05) is 13.7 Å². The van der Waals surface area contributed by atoms with Crippen molar-refractivity contribution in [1.29, 1.82) is 0 Å². The minimum absolute atomic E-state index is 0. The smallest absolute Gasteiger partial charge is 0.306 e. The minimum atomic E-state index is -4.10. The number of rotatable bonds is 8. The monoisotopic (exact) mass is 872 g/mol. The van der Waals surface area contributed by atoms with Gasteiger partial charge in [-0.1, -0.05) is 48.0 Å². The van der Waals surface area contributed by atoms with E-state index < -0.39 is 92.4 Å². The number of benzene rings is 1. The first-order chi connectivity index (χ1) is 28.4. The van der Waals surface area contributed by atoms with Crippen LogP contribution in [-0.2, 0) is 40.4 Å². The molecule has 1 aromatic heterocycles. The van der Waals surface area contributed by atoms with Gasteiger partial charge in [-0.15, -0.1) is 0 Å². The standard InChI is InChI=1S/C44H58F2N4O9S.CH4/c1-23-35-22-50(37(23)34(51)21-44(20-30(44)39(45)46)42(54)49-60(55,56)27-14-15-27)41(53)29(43(2,3)4)19-36(52)59-38-25-12-11-24(17-25)28(38)9-7-6-8-10-32-40(58-35)48-33-18-26(57-5)13-16-31(33)47-32;/h13,16,18,23-25,27-30,35,37-39H,6-12,14-15,17,19-22H2,1-5H3,(H,49,54);1H4/t23-,24-,25+,28-,29-,30+,35+,37+,38-,44-;/m1./s1. The zero-order chi connectivity index (χ0) is 42.9. The van der Waals surface area contributed by atoms with E-state index in [9.17, 15) is 31.6 Å². The van der Waals surface area contributed by atoms with E-state index in [1.165, 1.54) is 4.90 Å². The van der Waals surface area contributed by atoms with Crippen LogP contribution < -0.4 is 14.2 Å². The lowest BCUT2D eigenvalue weighted by Crippen LogP contribution is -2.50. The number of esters is 1. The van der Waals surface area contributed by atoms with E-state index in [-0.39, 0.29) is 50.6 Å². The van der Waals surface area contributed by atoms with Crippen LogP contribution in [0.4, 0.5) is 8.78 Å². The number of carbonyl (C=O) groups is 4. The molecule has 0 unspecified atom stereocenters. The Bertz CT molecular complexity index is 2140. The van der Waals surface area contributed by atoms with Gasteiger partial charge in [0.15, 0.2) is 5.78 Å². The summed E-state index contributed by atoms with van der Waals surface area (Å²) < 4.78 is 74.8. The van der Waals surface area contributed by atoms with Gasteiger partial charge in [-0.25, -0.2) is 27.2 Å². The van der Waals surface area contributed by atoms with Crippen molar-refractivity contribution < 1.29 is 50.6 Å². The Labute approximate surface area is 357 Å². The first-order valence-electron chi connectivity index (χ1n) is 21.8. The molecule has 4 bridgehead atoms. The van der Waals surface area contributed by atoms with Crippen LogP contribution in [-0.4, -0.2) is 90.4 Å². The Morgan fingerprint density at radius 1 is 1.02 bits per heavy atom. The van der Waals surface area contributed by atoms with E-state index in [2.05, 4.69) is 0 Å². The van der Waals surface area contributed by atoms with Crippen molar-refractivity contribution in [2.45, 2.75) is 149 Å². The van der Waals surface area contributed by atoms with Gasteiger partial charge >= 0.3 is 5.97 Å². The molecule has 0 spiro atoms. The number of methoxy groups -OCH3 is 1. The van der Waals surface area contributed by atoms with E-state index in [0.29, 0.717) is 47.7 Å². The number of sulfonamides is 1. The molecular weight excluding hydrogens is 811 g/mol. The molecule has 4 aliphatic carbocycles. The van der Waals surface area contributed by atoms with E-state index in [4.69, 9.17) is 24.2 Å². The molecule has 336 valence electrons. The van der Waals surface area contributed by atoms with Gasteiger partial charge in [0.2, 0.25) is 34.1 Å². The molecule has 3 heterocycles. The summed E-state index contributed by atoms with van der Waals surface area (Å²) in [5.74, 6) is -4.10. The van der Waals surface area contributed by atoms with Crippen molar-refractivity contribution in [1.82, 2.24) is 19.6 Å². The molecule has 2 amide bonds. The number of nitrogens with zero attached hydrogens (tertiary/aromatic N) is 3. The van der Waals surface area contributed by atoms with Crippen LogP contribution in [0.3, 0.4) is 0 Å². The zero-order valence-corrected chi connectivity index (χ0v) is 36.0. The third-order valence-corrected chi connectivity index (χ3v) is 16.4. The van der Waals surface area contributed by atoms with Crippen LogP contribution in [0.1, 0.15) is 118 Å². The average Bonchev–Trinajstić information content (AvgIpc) is 4.07. The van der Waals surface area contributed by atoms with Crippen LogP contribution in [0.15, 0.2) is 18.2 Å². The van der Waals surface area contributed by atoms with E-state index in [1.54, 1.807) is 26.2 Å². The first kappa shape index (κ1) is 45.1. The number of ketones is 1. The Morgan fingerprint density at radius 3 is 2.43 bits per heavy atom. The molecule has 5 fully saturated rings. The van der Waals surface area contributed by atoms with Crippen molar-refractivity contribution in [3.05, 3.63) is 23.9 Å². The second kappa shape index (κ2) is 17.0. The molecule has 1 saturated heterocycles. The van der Waals surface area contributed by atoms with Gasteiger partial charge < -0.3 is 19.1 Å². The predicted octanol–water partition coefficient (Wildman–Crippen LogP) is 6.83. The summed E-state index contributed by atoms with van der Waals surface area (Å²) in [6, 6.07) is 4.14. The Balaban J connectivity index is 0.00000561. The van der Waals surface area contributed by atoms with Crippen molar-refractivity contribution >= 4 is 44.6 Å². The lowest BCUT2D eigenvalue weighted by molar-refractivity contribution is -0.161. The molecule has 6 aliphatic rings. The van der Waals surface area contributed by atoms with Gasteiger partial charge in [-0.2, -0.15) is 0 Å². The summed E-state index contributed by atoms with van der Waals surface area (Å²) in [5, 5.41) is -0.780. The number of nitrogens with one attached hydrogen (secondary N) is 1. The number of fused-ring (bicyclic) bond motifs is 9. The third kappa shape index (κ3) is 8.85. The van der Waals surface area contributed by atoms with Crippen LogP contribution in [0.5, 0.6) is 11.6 Å². The van der Waals surface area contributed by atoms with Crippen molar-refractivity contribution in [2.24, 2.45) is 46.3 Å². The highest BCUT2D eigenvalue weighted by Crippen LogP contribution is 2.59. The number of hydrogen-bond acceptors (Lipinski definition) is 11. The highest BCUT2D eigenvalue weighted by Gasteiger charge is 2.66. The van der Waals surface area contributed by atoms with Gasteiger partial charge in [0, 0.05) is 24.3 Å². The number of aromatic nitrogens is 2. The SMILES string of the molecule is C.COc1ccc2nc3c(nc2c1)O[C@H]1CN(C(=O)[C@H](C(C)(C)C)CC(=O)O[C@@H]2[C@H]4CC[C@H](C4)[C@H]2CCCCC3)[C@H](C(=O)C[C@]2(C(=O)NS(=O)(=O)C3CC3)C[C@H]2C(F)F)[C@@H]1C. The lowest BCUT2D eigenvalue weighted by Gasteiger charge is -2.36. The molecule has 1 N–H and O–H groups in total. The summed E-state index contributed by atoms with van der Waals surface area (Å²) in [6.45, 7) is 7.18. The largest absolute Gasteiger partial charge is 0.497 e. The van der Waals surface area contributed by atoms with Gasteiger partial charge in [0.1, 0.15) is 23.7 Å². The predicted molar refractivity (Wildman–Crippen MR) is 222 cm³/mol. The molecule has 16 heteroatoms. The molecule has 13 nitrogen and oxygen atoms in total. The van der Waals surface area contributed by atoms with E-state index in [1.807, 2.05) is 31.6 Å². The van der Waals surface area contributed by atoms with Crippen LogP contribution in [0, 0.1) is 46.3 Å². The number of alkyl halides is 2. The summed E-state index contributed by atoms with van der Waals surface area (Å²) in [4.78, 5) is 68.6. The number of hydrogen-bond donors (Lipinski definition) is 1. The molecule has 1 aromatic carbocycles. The molecule has 2 aliphatic heterocycles. The summed E-state index contributed by atoms with van der Waals surface area (Å²) >= 11 is 0. The minimum Gasteiger partial charge on any atom is -0.497 e. The van der Waals surface area contributed by atoms with Crippen molar-refractivity contribution in [3.8, 4) is 11.6 Å². The number of ether oxygens (including phenoxy) is 3. The summed E-state index contributed by atoms with van der Waals surface area (Å²) in [7, 11) is -2.55. The highest BCUT2D eigenvalue weighted by atomic mass is 32.2. The Morgan fingerprint density at radius 2 is 1.75 bits per heavy atom. The topological polar surface area (TPSA) is 171 Å². The van der Waals surface area contributed by atoms with Gasteiger partial charge in [0.05, 0.1) is 53.7 Å². The van der Waals surface area contributed by atoms with Crippen LogP contribution >= 0.6 is 0 Å². The maximum atomic E-state index is 15.0. The molecule has 4 saturated carbocycles. The normalized spacial score (nSPS) is 33.1. The lowest BCUT2D eigenvalue weighted by atomic mass is 9.77. The molecule has 2 aromatic rings. The first-order valence-corrected chi connectivity index (χ1v) is 23.3. The van der Waals surface area contributed by atoms with E-state index in [0.717, 1.165) is 44.9 Å². The second-order valence-electron chi connectivity index (χ2n) is 19.6. The van der Waals surface area contributed by atoms with Gasteiger partial charge in [-0.3, -0.25) is 23.9 Å². The van der Waals surface area contributed by atoms with E-state index >= 15 is 4.79 Å². The maximum Gasteiger partial charge on any atom is 0.306 e. The van der Waals surface area contributed by atoms with Gasteiger partial charge in [0.25, 0.3) is 0 Å². The van der Waals surface area contributed by atoms with Crippen LogP contribution in [0.2, 0.25) is 0 Å². The summed E-state index contributed by atoms with van der Waals surface area (Å²) in [5.41, 5.74) is -0.941. The quantitative estimate of drug-likeness (QED) is 0.276. The number of carbonyl (C=O) groups excluding carboxylic acids is 4. The zero-order valence-electron chi connectivity index (χ0n) is 35.2. The molecule has 10 atom stereocenters. The average molecular weight is 873 g/mol. The highest BCUT2D eigenvalue weighted by molar-refractivity contribution is 7.90. The maximum absolute atomic E-state index is 15.0. The number of aryl methyl sites for hydroxylation is 1. The fourth-order valence-corrected chi connectivity index (χ4v) is 12.2. The Hall–Kier alpha value is -3.95. The molecule has 0 radical (unpaired) electrons. The van der Waals surface area contributed by atoms with Crippen LogP contribution in [0.25, 0.3) is 11.0 Å². The third-order valence-electron chi connectivity index (χ3n) is 14.6. The molecular formula is C45H62F2N4O9S. The molecule has 8 rings (SSSR count). The number of Topliss-reactive ketones (excluding diaryl/α,β-unsaturated/α-hetero) is 1. The Kier molecular flexibility index (Phi) is 12.5. The molecule has 61 heavy (non-hydrogen) atoms.